The maximum Gasteiger partial charge on any atom is 0.273 e. The van der Waals surface area contributed by atoms with Crippen molar-refractivity contribution < 1.29 is 9.72 Å². The van der Waals surface area contributed by atoms with Gasteiger partial charge in [0.1, 0.15) is 0 Å². The second-order valence-electron chi connectivity index (χ2n) is 5.26. The van der Waals surface area contributed by atoms with Crippen molar-refractivity contribution >= 4 is 17.3 Å². The Labute approximate surface area is 137 Å². The molecule has 7 heteroatoms. The van der Waals surface area contributed by atoms with Gasteiger partial charge in [-0.3, -0.25) is 20.0 Å². The van der Waals surface area contributed by atoms with Crippen molar-refractivity contribution in [2.75, 3.05) is 5.32 Å². The average Bonchev–Trinajstić information content (AvgIpc) is 3.09. The number of nitro benzene ring substituents is 1. The second-order valence-corrected chi connectivity index (χ2v) is 5.26. The molecular weight excluding hydrogens is 308 g/mol. The van der Waals surface area contributed by atoms with E-state index in [9.17, 15) is 14.9 Å². The Morgan fingerprint density at radius 1 is 1.21 bits per heavy atom. The Hall–Kier alpha value is -3.48. The molecule has 0 atom stereocenters. The molecule has 24 heavy (non-hydrogen) atoms. The number of hydrogen-bond donors (Lipinski definition) is 2. The molecule has 0 aliphatic carbocycles. The van der Waals surface area contributed by atoms with Crippen LogP contribution in [0.3, 0.4) is 0 Å². The lowest BCUT2D eigenvalue weighted by molar-refractivity contribution is -0.385. The number of nitro groups is 1. The van der Waals surface area contributed by atoms with Crippen molar-refractivity contribution in [3.05, 3.63) is 76.0 Å². The quantitative estimate of drug-likeness (QED) is 0.566. The molecule has 1 aromatic heterocycles. The Kier molecular flexibility index (Phi) is 4.07. The highest BCUT2D eigenvalue weighted by Gasteiger charge is 2.15. The van der Waals surface area contributed by atoms with E-state index in [1.54, 1.807) is 37.4 Å². The van der Waals surface area contributed by atoms with Crippen molar-refractivity contribution in [1.29, 1.82) is 0 Å². The minimum Gasteiger partial charge on any atom is -0.322 e. The van der Waals surface area contributed by atoms with Crippen LogP contribution in [0.4, 0.5) is 11.4 Å². The molecule has 0 fully saturated rings. The number of carbonyl (C=O) groups is 1. The van der Waals surface area contributed by atoms with Gasteiger partial charge in [-0.25, -0.2) is 0 Å². The lowest BCUT2D eigenvalue weighted by Crippen LogP contribution is -2.12. The highest BCUT2D eigenvalue weighted by Crippen LogP contribution is 2.22. The molecule has 7 nitrogen and oxygen atoms in total. The Morgan fingerprint density at radius 3 is 2.75 bits per heavy atom. The fourth-order valence-electron chi connectivity index (χ4n) is 2.33. The Morgan fingerprint density at radius 2 is 2.04 bits per heavy atom. The number of aromatic nitrogens is 2. The minimum absolute atomic E-state index is 0.0751. The number of aromatic amines is 1. The molecule has 0 saturated carbocycles. The SMILES string of the molecule is Cc1ccc(C(=O)Nc2cccc(-c3ccn[nH]3)c2)cc1[N+](=O)[O-]. The molecule has 0 saturated heterocycles. The summed E-state index contributed by atoms with van der Waals surface area (Å²) in [5.41, 5.74) is 2.97. The van der Waals surface area contributed by atoms with Gasteiger partial charge in [0, 0.05) is 34.6 Å². The predicted molar refractivity (Wildman–Crippen MR) is 89.8 cm³/mol. The van der Waals surface area contributed by atoms with Crippen molar-refractivity contribution in [2.45, 2.75) is 6.92 Å². The maximum atomic E-state index is 12.3. The highest BCUT2D eigenvalue weighted by atomic mass is 16.6. The smallest absolute Gasteiger partial charge is 0.273 e. The maximum absolute atomic E-state index is 12.3. The van der Waals surface area contributed by atoms with Crippen molar-refractivity contribution in [3.63, 3.8) is 0 Å². The third-order valence-electron chi connectivity index (χ3n) is 3.60. The molecule has 0 aliphatic rings. The van der Waals surface area contributed by atoms with E-state index in [1.807, 2.05) is 18.2 Å². The van der Waals surface area contributed by atoms with Crippen molar-refractivity contribution in [3.8, 4) is 11.3 Å². The topological polar surface area (TPSA) is 101 Å². The Bertz CT molecular complexity index is 904. The van der Waals surface area contributed by atoms with Crippen LogP contribution in [0, 0.1) is 17.0 Å². The van der Waals surface area contributed by atoms with Gasteiger partial charge in [0.05, 0.1) is 10.6 Å². The van der Waals surface area contributed by atoms with Crippen LogP contribution in [-0.2, 0) is 0 Å². The Balaban J connectivity index is 1.84. The summed E-state index contributed by atoms with van der Waals surface area (Å²) in [6, 6.07) is 13.5. The number of amides is 1. The van der Waals surface area contributed by atoms with E-state index in [1.165, 1.54) is 6.07 Å². The van der Waals surface area contributed by atoms with Gasteiger partial charge in [0.15, 0.2) is 0 Å². The van der Waals surface area contributed by atoms with Crippen LogP contribution in [0.2, 0.25) is 0 Å². The fraction of sp³-hybridized carbons (Fsp3) is 0.0588. The van der Waals surface area contributed by atoms with Crippen LogP contribution < -0.4 is 5.32 Å². The zero-order valence-corrected chi connectivity index (χ0v) is 12.8. The first-order valence-corrected chi connectivity index (χ1v) is 7.21. The normalized spacial score (nSPS) is 10.4. The van der Waals surface area contributed by atoms with E-state index in [2.05, 4.69) is 15.5 Å². The molecule has 0 spiro atoms. The number of rotatable bonds is 4. The van der Waals surface area contributed by atoms with Gasteiger partial charge in [-0.2, -0.15) is 5.10 Å². The van der Waals surface area contributed by atoms with Gasteiger partial charge >= 0.3 is 0 Å². The number of carbonyl (C=O) groups excluding carboxylic acids is 1. The first-order valence-electron chi connectivity index (χ1n) is 7.21. The third kappa shape index (κ3) is 3.14. The van der Waals surface area contributed by atoms with E-state index in [0.29, 0.717) is 11.3 Å². The first kappa shape index (κ1) is 15.4. The van der Waals surface area contributed by atoms with Crippen molar-refractivity contribution in [2.24, 2.45) is 0 Å². The molecule has 1 heterocycles. The summed E-state index contributed by atoms with van der Waals surface area (Å²) in [7, 11) is 0. The lowest BCUT2D eigenvalue weighted by Gasteiger charge is -2.07. The van der Waals surface area contributed by atoms with E-state index < -0.39 is 10.8 Å². The number of benzene rings is 2. The molecule has 120 valence electrons. The summed E-state index contributed by atoms with van der Waals surface area (Å²) in [6.45, 7) is 1.63. The lowest BCUT2D eigenvalue weighted by atomic mass is 10.1. The monoisotopic (exact) mass is 322 g/mol. The zero-order chi connectivity index (χ0) is 17.1. The van der Waals surface area contributed by atoms with Crippen LogP contribution in [0.15, 0.2) is 54.7 Å². The number of nitrogens with zero attached hydrogens (tertiary/aromatic N) is 2. The van der Waals surface area contributed by atoms with Gasteiger partial charge in [0.2, 0.25) is 0 Å². The van der Waals surface area contributed by atoms with E-state index in [4.69, 9.17) is 0 Å². The molecule has 3 rings (SSSR count). The number of aryl methyl sites for hydroxylation is 1. The summed E-state index contributed by atoms with van der Waals surface area (Å²) in [5, 5.41) is 20.5. The molecule has 2 N–H and O–H groups in total. The number of hydrogen-bond acceptors (Lipinski definition) is 4. The zero-order valence-electron chi connectivity index (χ0n) is 12.8. The number of nitrogens with one attached hydrogen (secondary N) is 2. The predicted octanol–water partition coefficient (Wildman–Crippen LogP) is 3.55. The average molecular weight is 322 g/mol. The summed E-state index contributed by atoms with van der Waals surface area (Å²) in [5.74, 6) is -0.403. The van der Waals surface area contributed by atoms with Gasteiger partial charge in [-0.15, -0.1) is 0 Å². The summed E-state index contributed by atoms with van der Waals surface area (Å²) >= 11 is 0. The van der Waals surface area contributed by atoms with Crippen molar-refractivity contribution in [1.82, 2.24) is 10.2 Å². The third-order valence-corrected chi connectivity index (χ3v) is 3.60. The largest absolute Gasteiger partial charge is 0.322 e. The van der Waals surface area contributed by atoms with Crippen LogP contribution in [0.1, 0.15) is 15.9 Å². The van der Waals surface area contributed by atoms with E-state index >= 15 is 0 Å². The summed E-state index contributed by atoms with van der Waals surface area (Å²) < 4.78 is 0. The minimum atomic E-state index is -0.495. The molecule has 1 amide bonds. The van der Waals surface area contributed by atoms with Gasteiger partial charge in [-0.1, -0.05) is 18.2 Å². The van der Waals surface area contributed by atoms with Crippen LogP contribution >= 0.6 is 0 Å². The summed E-state index contributed by atoms with van der Waals surface area (Å²) in [4.78, 5) is 22.8. The summed E-state index contributed by atoms with van der Waals surface area (Å²) in [6.07, 6.45) is 1.64. The number of anilines is 1. The van der Waals surface area contributed by atoms with Crippen LogP contribution in [-0.4, -0.2) is 21.0 Å². The van der Waals surface area contributed by atoms with Gasteiger partial charge in [-0.05, 0) is 31.2 Å². The molecule has 0 unspecified atom stereocenters. The molecule has 3 aromatic rings. The van der Waals surface area contributed by atoms with E-state index in [0.717, 1.165) is 11.3 Å². The molecule has 2 aromatic carbocycles. The van der Waals surface area contributed by atoms with E-state index in [-0.39, 0.29) is 11.3 Å². The fourth-order valence-corrected chi connectivity index (χ4v) is 2.33. The second kappa shape index (κ2) is 6.33. The highest BCUT2D eigenvalue weighted by molar-refractivity contribution is 6.05. The number of H-pyrrole nitrogens is 1. The standard InChI is InChI=1S/C17H14N4O3/c1-11-5-6-13(10-16(11)21(23)24)17(22)19-14-4-2-3-12(9-14)15-7-8-18-20-15/h2-10H,1H3,(H,18,20)(H,19,22). The van der Waals surface area contributed by atoms with Crippen LogP contribution in [0.5, 0.6) is 0 Å². The molecule has 0 aliphatic heterocycles. The van der Waals surface area contributed by atoms with Gasteiger partial charge < -0.3 is 5.32 Å². The molecule has 0 bridgehead atoms. The molecular formula is C17H14N4O3. The van der Waals surface area contributed by atoms with Gasteiger partial charge in [0.25, 0.3) is 11.6 Å². The van der Waals surface area contributed by atoms with Crippen LogP contribution in [0.25, 0.3) is 11.3 Å². The molecule has 0 radical (unpaired) electrons. The first-order chi connectivity index (χ1) is 11.5.